The second-order valence-electron chi connectivity index (χ2n) is 5.72. The van der Waals surface area contributed by atoms with E-state index in [0.29, 0.717) is 12.1 Å². The molecule has 1 aliphatic rings. The second-order valence-corrected chi connectivity index (χ2v) is 5.72. The fourth-order valence-corrected chi connectivity index (χ4v) is 3.01. The third-order valence-electron chi connectivity index (χ3n) is 4.18. The Morgan fingerprint density at radius 1 is 1.18 bits per heavy atom. The molecule has 4 nitrogen and oxygen atoms in total. The molecule has 0 saturated heterocycles. The lowest BCUT2D eigenvalue weighted by molar-refractivity contribution is -0.136. The highest BCUT2D eigenvalue weighted by Gasteiger charge is 2.49. The Balaban J connectivity index is 1.99. The first-order valence-corrected chi connectivity index (χ1v) is 7.69. The Kier molecular flexibility index (Phi) is 3.94. The molecule has 0 bridgehead atoms. The van der Waals surface area contributed by atoms with E-state index in [2.05, 4.69) is 11.9 Å². The van der Waals surface area contributed by atoms with Crippen molar-refractivity contribution in [2.24, 2.45) is 0 Å². The molecule has 0 saturated carbocycles. The van der Waals surface area contributed by atoms with Crippen molar-refractivity contribution < 1.29 is 9.90 Å². The van der Waals surface area contributed by atoms with Gasteiger partial charge in [0.05, 0.1) is 5.69 Å². The Bertz CT molecular complexity index is 672. The van der Waals surface area contributed by atoms with Gasteiger partial charge in [-0.25, -0.2) is 0 Å². The van der Waals surface area contributed by atoms with Crippen LogP contribution in [0.2, 0.25) is 0 Å². The number of nitrogens with zero attached hydrogens (tertiary/aromatic N) is 2. The summed E-state index contributed by atoms with van der Waals surface area (Å²) < 4.78 is 0. The number of benzene rings is 1. The van der Waals surface area contributed by atoms with Crippen LogP contribution in [0.4, 0.5) is 5.69 Å². The van der Waals surface area contributed by atoms with Gasteiger partial charge in [0.25, 0.3) is 5.91 Å². The van der Waals surface area contributed by atoms with E-state index in [-0.39, 0.29) is 12.3 Å². The summed E-state index contributed by atoms with van der Waals surface area (Å²) >= 11 is 0. The van der Waals surface area contributed by atoms with Crippen LogP contribution in [0, 0.1) is 0 Å². The average Bonchev–Trinajstić information content (AvgIpc) is 2.75. The van der Waals surface area contributed by atoms with Crippen molar-refractivity contribution in [1.82, 2.24) is 4.98 Å². The molecule has 0 spiro atoms. The molecule has 4 heteroatoms. The van der Waals surface area contributed by atoms with Crippen LogP contribution in [-0.4, -0.2) is 22.5 Å². The Hall–Kier alpha value is -2.20. The van der Waals surface area contributed by atoms with Gasteiger partial charge in [-0.1, -0.05) is 31.5 Å². The van der Waals surface area contributed by atoms with E-state index in [9.17, 15) is 9.90 Å². The normalized spacial score (nSPS) is 20.3. The van der Waals surface area contributed by atoms with Crippen LogP contribution in [0.5, 0.6) is 0 Å². The fraction of sp³-hybridized carbons (Fsp3) is 0.333. The fourth-order valence-electron chi connectivity index (χ4n) is 3.01. The molecular formula is C18H20N2O2. The zero-order valence-electron chi connectivity index (χ0n) is 12.7. The first kappa shape index (κ1) is 14.7. The summed E-state index contributed by atoms with van der Waals surface area (Å²) in [5.74, 6) is -0.223. The predicted molar refractivity (Wildman–Crippen MR) is 85.5 cm³/mol. The molecule has 0 radical (unpaired) electrons. The number of aromatic nitrogens is 1. The van der Waals surface area contributed by atoms with Gasteiger partial charge in [0.2, 0.25) is 0 Å². The topological polar surface area (TPSA) is 53.4 Å². The molecule has 0 aliphatic carbocycles. The minimum atomic E-state index is -1.48. The van der Waals surface area contributed by atoms with Gasteiger partial charge in [-0.15, -0.1) is 0 Å². The number of carbonyl (C=O) groups excluding carboxylic acids is 1. The highest BCUT2D eigenvalue weighted by Crippen LogP contribution is 2.42. The number of amides is 1. The largest absolute Gasteiger partial charge is 0.375 e. The van der Waals surface area contributed by atoms with E-state index in [1.54, 1.807) is 17.3 Å². The maximum Gasteiger partial charge on any atom is 0.264 e. The van der Waals surface area contributed by atoms with Gasteiger partial charge in [0, 0.05) is 30.9 Å². The average molecular weight is 296 g/mol. The molecule has 1 atom stereocenters. The van der Waals surface area contributed by atoms with Gasteiger partial charge in [-0.05, 0) is 30.2 Å². The number of rotatable bonds is 5. The molecule has 1 aromatic heterocycles. The number of pyridine rings is 1. The number of anilines is 1. The molecule has 0 fully saturated rings. The van der Waals surface area contributed by atoms with Gasteiger partial charge in [0.15, 0.2) is 5.60 Å². The van der Waals surface area contributed by atoms with Gasteiger partial charge in [-0.2, -0.15) is 0 Å². The van der Waals surface area contributed by atoms with Crippen molar-refractivity contribution in [3.63, 3.8) is 0 Å². The van der Waals surface area contributed by atoms with E-state index in [1.807, 2.05) is 36.4 Å². The van der Waals surface area contributed by atoms with Crippen molar-refractivity contribution in [2.75, 3.05) is 11.4 Å². The monoisotopic (exact) mass is 296 g/mol. The molecule has 1 N–H and O–H groups in total. The summed E-state index contributed by atoms with van der Waals surface area (Å²) in [7, 11) is 0. The molecule has 1 unspecified atom stereocenters. The van der Waals surface area contributed by atoms with Crippen molar-refractivity contribution in [3.05, 3.63) is 59.9 Å². The van der Waals surface area contributed by atoms with Crippen molar-refractivity contribution in [3.8, 4) is 0 Å². The van der Waals surface area contributed by atoms with Crippen LogP contribution in [0.3, 0.4) is 0 Å². The van der Waals surface area contributed by atoms with Crippen molar-refractivity contribution in [2.45, 2.75) is 31.8 Å². The van der Waals surface area contributed by atoms with E-state index in [1.165, 1.54) is 0 Å². The Morgan fingerprint density at radius 2 is 1.91 bits per heavy atom. The highest BCUT2D eigenvalue weighted by molar-refractivity contribution is 6.07. The summed E-state index contributed by atoms with van der Waals surface area (Å²) in [6.07, 6.45) is 5.56. The Labute approximate surface area is 130 Å². The molecule has 1 amide bonds. The van der Waals surface area contributed by atoms with Crippen LogP contribution in [0.15, 0.2) is 48.8 Å². The van der Waals surface area contributed by atoms with Crippen LogP contribution in [0.1, 0.15) is 30.9 Å². The number of fused-ring (bicyclic) bond motifs is 1. The number of para-hydroxylation sites is 1. The first-order valence-electron chi connectivity index (χ1n) is 7.69. The molecule has 2 heterocycles. The number of hydrogen-bond donors (Lipinski definition) is 1. The van der Waals surface area contributed by atoms with Crippen molar-refractivity contribution >= 4 is 11.6 Å². The standard InChI is InChI=1S/C18H20N2O2/c1-2-3-12-20-16-7-5-4-6-15(16)18(22,17(20)21)13-14-8-10-19-11-9-14/h4-11,22H,2-3,12-13H2,1H3. The van der Waals surface area contributed by atoms with E-state index >= 15 is 0 Å². The third-order valence-corrected chi connectivity index (χ3v) is 4.18. The minimum absolute atomic E-state index is 0.223. The smallest absolute Gasteiger partial charge is 0.264 e. The maximum atomic E-state index is 12.9. The summed E-state index contributed by atoms with van der Waals surface area (Å²) in [5, 5.41) is 11.1. The van der Waals surface area contributed by atoms with Gasteiger partial charge in [-0.3, -0.25) is 9.78 Å². The van der Waals surface area contributed by atoms with E-state index < -0.39 is 5.60 Å². The number of unbranched alkanes of at least 4 members (excludes halogenated alkanes) is 1. The quantitative estimate of drug-likeness (QED) is 0.923. The summed E-state index contributed by atoms with van der Waals surface area (Å²) in [5.41, 5.74) is 0.953. The lowest BCUT2D eigenvalue weighted by Gasteiger charge is -2.23. The number of hydrogen-bond acceptors (Lipinski definition) is 3. The zero-order valence-corrected chi connectivity index (χ0v) is 12.7. The molecule has 114 valence electrons. The third kappa shape index (κ3) is 2.40. The number of aliphatic hydroxyl groups is 1. The minimum Gasteiger partial charge on any atom is -0.375 e. The van der Waals surface area contributed by atoms with E-state index in [4.69, 9.17) is 0 Å². The Morgan fingerprint density at radius 3 is 2.64 bits per heavy atom. The summed E-state index contributed by atoms with van der Waals surface area (Å²) in [6, 6.07) is 11.2. The SMILES string of the molecule is CCCCN1C(=O)C(O)(Cc2ccncc2)c2ccccc21. The summed E-state index contributed by atoms with van der Waals surface area (Å²) in [6.45, 7) is 2.74. The van der Waals surface area contributed by atoms with Gasteiger partial charge in [0.1, 0.15) is 0 Å². The van der Waals surface area contributed by atoms with Crippen LogP contribution in [-0.2, 0) is 16.8 Å². The molecule has 3 rings (SSSR count). The lowest BCUT2D eigenvalue weighted by atomic mass is 9.89. The lowest BCUT2D eigenvalue weighted by Crippen LogP contribution is -2.42. The zero-order chi connectivity index (χ0) is 15.6. The molecule has 1 aromatic carbocycles. The first-order chi connectivity index (χ1) is 10.7. The molecule has 2 aromatic rings. The van der Waals surface area contributed by atoms with E-state index in [0.717, 1.165) is 24.1 Å². The van der Waals surface area contributed by atoms with Crippen LogP contribution in [0.25, 0.3) is 0 Å². The number of carbonyl (C=O) groups is 1. The summed E-state index contributed by atoms with van der Waals surface area (Å²) in [4.78, 5) is 18.6. The maximum absolute atomic E-state index is 12.9. The van der Waals surface area contributed by atoms with Crippen LogP contribution >= 0.6 is 0 Å². The van der Waals surface area contributed by atoms with Crippen LogP contribution < -0.4 is 4.90 Å². The van der Waals surface area contributed by atoms with Gasteiger partial charge >= 0.3 is 0 Å². The second kappa shape index (κ2) is 5.89. The molecular weight excluding hydrogens is 276 g/mol. The van der Waals surface area contributed by atoms with Crippen molar-refractivity contribution in [1.29, 1.82) is 0 Å². The predicted octanol–water partition coefficient (Wildman–Crippen LogP) is 2.66. The molecule has 1 aliphatic heterocycles. The highest BCUT2D eigenvalue weighted by atomic mass is 16.3. The molecule has 22 heavy (non-hydrogen) atoms. The van der Waals surface area contributed by atoms with Gasteiger partial charge < -0.3 is 10.0 Å².